The van der Waals surface area contributed by atoms with Gasteiger partial charge in [-0.3, -0.25) is 0 Å². The van der Waals surface area contributed by atoms with Crippen molar-refractivity contribution in [3.8, 4) is 16.3 Å². The molecular weight excluding hydrogens is 290 g/mol. The molecule has 0 atom stereocenters. The second-order valence-electron chi connectivity index (χ2n) is 4.41. The second kappa shape index (κ2) is 5.81. The van der Waals surface area contributed by atoms with Crippen molar-refractivity contribution in [3.05, 3.63) is 48.0 Å². The average Bonchev–Trinajstić information content (AvgIpc) is 2.91. The Morgan fingerprint density at radius 3 is 2.65 bits per heavy atom. The van der Waals surface area contributed by atoms with Crippen molar-refractivity contribution in [2.45, 2.75) is 12.8 Å². The molecule has 0 bridgehead atoms. The molecular formula is C16H14ClNOS. The maximum absolute atomic E-state index is 5.81. The van der Waals surface area contributed by atoms with Crippen LogP contribution in [0.2, 0.25) is 0 Å². The summed E-state index contributed by atoms with van der Waals surface area (Å²) in [6, 6.07) is 14.2. The van der Waals surface area contributed by atoms with Gasteiger partial charge < -0.3 is 4.74 Å². The monoisotopic (exact) mass is 303 g/mol. The molecule has 2 aromatic carbocycles. The van der Waals surface area contributed by atoms with Crippen molar-refractivity contribution in [1.29, 1.82) is 0 Å². The topological polar surface area (TPSA) is 22.1 Å². The minimum Gasteiger partial charge on any atom is -0.494 e. The van der Waals surface area contributed by atoms with E-state index in [1.165, 1.54) is 0 Å². The molecule has 2 nitrogen and oxygen atoms in total. The zero-order valence-corrected chi connectivity index (χ0v) is 12.7. The Bertz CT molecular complexity index is 721. The van der Waals surface area contributed by atoms with Crippen LogP contribution in [0, 0.1) is 0 Å². The van der Waals surface area contributed by atoms with Gasteiger partial charge in [-0.15, -0.1) is 22.9 Å². The standard InChI is InChI=1S/C16H14ClNOS/c1-2-19-13-7-8-14-15(9-13)20-16(18-14)12-5-3-11(10-17)4-6-12/h3-9H,2,10H2,1H3. The minimum atomic E-state index is 0.540. The van der Waals surface area contributed by atoms with Crippen molar-refractivity contribution in [2.24, 2.45) is 0 Å². The van der Waals surface area contributed by atoms with E-state index in [2.05, 4.69) is 17.1 Å². The average molecular weight is 304 g/mol. The first-order valence-electron chi connectivity index (χ1n) is 6.49. The zero-order valence-electron chi connectivity index (χ0n) is 11.1. The van der Waals surface area contributed by atoms with Crippen LogP contribution in [0.4, 0.5) is 0 Å². The van der Waals surface area contributed by atoms with Gasteiger partial charge in [-0.1, -0.05) is 24.3 Å². The number of fused-ring (bicyclic) bond motifs is 1. The smallest absolute Gasteiger partial charge is 0.124 e. The largest absolute Gasteiger partial charge is 0.494 e. The predicted molar refractivity (Wildman–Crippen MR) is 85.8 cm³/mol. The fourth-order valence-electron chi connectivity index (χ4n) is 2.02. The molecule has 20 heavy (non-hydrogen) atoms. The maximum atomic E-state index is 5.81. The molecule has 0 radical (unpaired) electrons. The Labute approximate surface area is 127 Å². The van der Waals surface area contributed by atoms with E-state index in [0.717, 1.165) is 32.1 Å². The van der Waals surface area contributed by atoms with Crippen LogP contribution in [0.5, 0.6) is 5.75 Å². The van der Waals surface area contributed by atoms with Gasteiger partial charge in [0.1, 0.15) is 10.8 Å². The predicted octanol–water partition coefficient (Wildman–Crippen LogP) is 5.10. The molecule has 0 aliphatic heterocycles. The Morgan fingerprint density at radius 2 is 1.95 bits per heavy atom. The van der Waals surface area contributed by atoms with Crippen molar-refractivity contribution in [2.75, 3.05) is 6.61 Å². The minimum absolute atomic E-state index is 0.540. The van der Waals surface area contributed by atoms with E-state index in [0.29, 0.717) is 12.5 Å². The summed E-state index contributed by atoms with van der Waals surface area (Å²) in [5, 5.41) is 1.02. The second-order valence-corrected chi connectivity index (χ2v) is 5.71. The summed E-state index contributed by atoms with van der Waals surface area (Å²) in [5.41, 5.74) is 3.25. The highest BCUT2D eigenvalue weighted by Gasteiger charge is 2.07. The lowest BCUT2D eigenvalue weighted by Crippen LogP contribution is -1.89. The van der Waals surface area contributed by atoms with Gasteiger partial charge in [0.05, 0.1) is 16.8 Å². The number of halogens is 1. The van der Waals surface area contributed by atoms with E-state index in [4.69, 9.17) is 16.3 Å². The molecule has 0 aliphatic carbocycles. The highest BCUT2D eigenvalue weighted by molar-refractivity contribution is 7.21. The summed E-state index contributed by atoms with van der Waals surface area (Å²) >= 11 is 7.49. The van der Waals surface area contributed by atoms with Crippen LogP contribution < -0.4 is 4.74 Å². The third kappa shape index (κ3) is 2.65. The molecule has 3 rings (SSSR count). The first-order chi connectivity index (χ1) is 9.80. The van der Waals surface area contributed by atoms with Crippen LogP contribution in [0.1, 0.15) is 12.5 Å². The van der Waals surface area contributed by atoms with E-state index in [1.807, 2.05) is 37.3 Å². The summed E-state index contributed by atoms with van der Waals surface area (Å²) in [6.07, 6.45) is 0. The van der Waals surface area contributed by atoms with E-state index >= 15 is 0 Å². The molecule has 4 heteroatoms. The van der Waals surface area contributed by atoms with Crippen LogP contribution in [-0.2, 0) is 5.88 Å². The molecule has 0 spiro atoms. The fourth-order valence-corrected chi connectivity index (χ4v) is 3.20. The molecule has 0 amide bonds. The van der Waals surface area contributed by atoms with E-state index in [9.17, 15) is 0 Å². The van der Waals surface area contributed by atoms with Gasteiger partial charge in [0.25, 0.3) is 0 Å². The normalized spacial score (nSPS) is 10.9. The number of benzene rings is 2. The number of thiazole rings is 1. The van der Waals surface area contributed by atoms with E-state index in [-0.39, 0.29) is 0 Å². The molecule has 0 unspecified atom stereocenters. The third-order valence-corrected chi connectivity index (χ3v) is 4.40. The van der Waals surface area contributed by atoms with Crippen molar-refractivity contribution >= 4 is 33.2 Å². The lowest BCUT2D eigenvalue weighted by atomic mass is 10.2. The lowest BCUT2D eigenvalue weighted by molar-refractivity contribution is 0.341. The maximum Gasteiger partial charge on any atom is 0.124 e. The Morgan fingerprint density at radius 1 is 1.15 bits per heavy atom. The summed E-state index contributed by atoms with van der Waals surface area (Å²) < 4.78 is 6.67. The van der Waals surface area contributed by atoms with Crippen LogP contribution in [-0.4, -0.2) is 11.6 Å². The Hall–Kier alpha value is -1.58. The van der Waals surface area contributed by atoms with Gasteiger partial charge in [-0.25, -0.2) is 4.98 Å². The van der Waals surface area contributed by atoms with Crippen molar-refractivity contribution in [3.63, 3.8) is 0 Å². The molecule has 0 saturated carbocycles. The zero-order chi connectivity index (χ0) is 13.9. The molecule has 3 aromatic rings. The first kappa shape index (κ1) is 13.4. The summed E-state index contributed by atoms with van der Waals surface area (Å²) in [4.78, 5) is 4.67. The number of hydrogen-bond acceptors (Lipinski definition) is 3. The number of ether oxygens (including phenoxy) is 1. The Balaban J connectivity index is 1.98. The number of nitrogens with zero attached hydrogens (tertiary/aromatic N) is 1. The first-order valence-corrected chi connectivity index (χ1v) is 7.84. The summed E-state index contributed by atoms with van der Waals surface area (Å²) in [5.74, 6) is 1.44. The summed E-state index contributed by atoms with van der Waals surface area (Å²) in [6.45, 7) is 2.66. The number of hydrogen-bond donors (Lipinski definition) is 0. The highest BCUT2D eigenvalue weighted by Crippen LogP contribution is 2.32. The van der Waals surface area contributed by atoms with Gasteiger partial charge in [0.2, 0.25) is 0 Å². The molecule has 0 N–H and O–H groups in total. The van der Waals surface area contributed by atoms with Crippen molar-refractivity contribution < 1.29 is 4.74 Å². The van der Waals surface area contributed by atoms with Crippen LogP contribution in [0.15, 0.2) is 42.5 Å². The van der Waals surface area contributed by atoms with Crippen LogP contribution in [0.3, 0.4) is 0 Å². The Kier molecular flexibility index (Phi) is 3.90. The van der Waals surface area contributed by atoms with Gasteiger partial charge in [-0.05, 0) is 30.7 Å². The molecule has 1 aromatic heterocycles. The summed E-state index contributed by atoms with van der Waals surface area (Å²) in [7, 11) is 0. The van der Waals surface area contributed by atoms with Crippen LogP contribution >= 0.6 is 22.9 Å². The van der Waals surface area contributed by atoms with Crippen molar-refractivity contribution in [1.82, 2.24) is 4.98 Å². The number of aromatic nitrogens is 1. The van der Waals surface area contributed by atoms with E-state index in [1.54, 1.807) is 11.3 Å². The van der Waals surface area contributed by atoms with Gasteiger partial charge in [0, 0.05) is 11.4 Å². The van der Waals surface area contributed by atoms with Gasteiger partial charge >= 0.3 is 0 Å². The number of alkyl halides is 1. The molecule has 0 saturated heterocycles. The third-order valence-electron chi connectivity index (χ3n) is 3.03. The van der Waals surface area contributed by atoms with Gasteiger partial charge in [0.15, 0.2) is 0 Å². The molecule has 102 valence electrons. The lowest BCUT2D eigenvalue weighted by Gasteiger charge is -2.00. The molecule has 0 aliphatic rings. The van der Waals surface area contributed by atoms with Crippen LogP contribution in [0.25, 0.3) is 20.8 Å². The SMILES string of the molecule is CCOc1ccc2nc(-c3ccc(CCl)cc3)sc2c1. The van der Waals surface area contributed by atoms with E-state index < -0.39 is 0 Å². The molecule has 0 fully saturated rings. The number of rotatable bonds is 4. The molecule has 1 heterocycles. The quantitative estimate of drug-likeness (QED) is 0.625. The van der Waals surface area contributed by atoms with Gasteiger partial charge in [-0.2, -0.15) is 0 Å². The fraction of sp³-hybridized carbons (Fsp3) is 0.188. The highest BCUT2D eigenvalue weighted by atomic mass is 35.5.